The standard InChI is InChI=1S/C20H17ClF3N3OS/c1-26-19(11-7-12(22)9-13(23)8-11)14-5-6-27(10-16(14)25)20(28)18-15(21)3-2-4-17(18)29-24/h2-4,7-9H,5-6,10,25H2,1H3. The van der Waals surface area contributed by atoms with E-state index in [1.54, 1.807) is 6.07 Å². The van der Waals surface area contributed by atoms with Gasteiger partial charge < -0.3 is 10.6 Å². The number of nitrogens with zero attached hydrogens (tertiary/aromatic N) is 2. The highest BCUT2D eigenvalue weighted by Gasteiger charge is 2.28. The van der Waals surface area contributed by atoms with E-state index in [2.05, 4.69) is 4.99 Å². The molecule has 0 spiro atoms. The van der Waals surface area contributed by atoms with E-state index < -0.39 is 17.5 Å². The van der Waals surface area contributed by atoms with Crippen LogP contribution in [0.1, 0.15) is 22.3 Å². The van der Waals surface area contributed by atoms with Gasteiger partial charge in [0.15, 0.2) is 0 Å². The van der Waals surface area contributed by atoms with Crippen LogP contribution in [0, 0.1) is 11.6 Å². The average Bonchev–Trinajstić information content (AvgIpc) is 2.68. The molecule has 0 aliphatic carbocycles. The quantitative estimate of drug-likeness (QED) is 0.698. The zero-order valence-corrected chi connectivity index (χ0v) is 17.0. The first-order valence-electron chi connectivity index (χ1n) is 8.63. The molecule has 0 fully saturated rings. The molecule has 2 N–H and O–H groups in total. The summed E-state index contributed by atoms with van der Waals surface area (Å²) in [6.45, 7) is 0.333. The molecule has 1 heterocycles. The molecule has 0 saturated carbocycles. The number of carbonyl (C=O) groups is 1. The molecule has 0 radical (unpaired) electrons. The summed E-state index contributed by atoms with van der Waals surface area (Å²) in [7, 11) is 1.50. The molecule has 0 unspecified atom stereocenters. The number of carbonyl (C=O) groups excluding carboxylic acids is 1. The van der Waals surface area contributed by atoms with Crippen LogP contribution in [0.3, 0.4) is 0 Å². The summed E-state index contributed by atoms with van der Waals surface area (Å²) in [5, 5.41) is 0.150. The Balaban J connectivity index is 1.90. The van der Waals surface area contributed by atoms with Crippen LogP contribution in [0.5, 0.6) is 0 Å². The van der Waals surface area contributed by atoms with Crippen molar-refractivity contribution < 1.29 is 17.5 Å². The van der Waals surface area contributed by atoms with E-state index in [-0.39, 0.29) is 46.3 Å². The lowest BCUT2D eigenvalue weighted by molar-refractivity contribution is 0.0760. The minimum absolute atomic E-state index is 0.0536. The zero-order chi connectivity index (χ0) is 21.1. The van der Waals surface area contributed by atoms with Crippen LogP contribution in [0.4, 0.5) is 12.7 Å². The van der Waals surface area contributed by atoms with E-state index in [4.69, 9.17) is 17.3 Å². The maximum absolute atomic E-state index is 13.6. The largest absolute Gasteiger partial charge is 0.400 e. The fourth-order valence-electron chi connectivity index (χ4n) is 3.29. The van der Waals surface area contributed by atoms with Crippen molar-refractivity contribution in [2.75, 3.05) is 20.1 Å². The molecule has 1 amide bonds. The Kier molecular flexibility index (Phi) is 6.54. The van der Waals surface area contributed by atoms with Gasteiger partial charge in [-0.1, -0.05) is 17.7 Å². The van der Waals surface area contributed by atoms with Gasteiger partial charge in [0, 0.05) is 36.5 Å². The van der Waals surface area contributed by atoms with E-state index in [1.807, 2.05) is 0 Å². The molecular formula is C20H17ClF3N3OS. The van der Waals surface area contributed by atoms with Gasteiger partial charge in [0.2, 0.25) is 0 Å². The van der Waals surface area contributed by atoms with Crippen LogP contribution in [0.15, 0.2) is 57.6 Å². The molecule has 2 aromatic carbocycles. The van der Waals surface area contributed by atoms with Crippen molar-refractivity contribution in [1.29, 1.82) is 0 Å². The molecule has 4 nitrogen and oxygen atoms in total. The first-order valence-corrected chi connectivity index (χ1v) is 9.72. The molecule has 29 heavy (non-hydrogen) atoms. The minimum atomic E-state index is -0.720. The third-order valence-electron chi connectivity index (χ3n) is 4.59. The second-order valence-corrected chi connectivity index (χ2v) is 7.40. The summed E-state index contributed by atoms with van der Waals surface area (Å²) in [6, 6.07) is 7.68. The van der Waals surface area contributed by atoms with Gasteiger partial charge in [0.1, 0.15) is 11.6 Å². The highest BCUT2D eigenvalue weighted by molar-refractivity contribution is 7.94. The Bertz CT molecular complexity index is 1010. The number of hydrogen-bond acceptors (Lipinski definition) is 4. The van der Waals surface area contributed by atoms with E-state index in [0.717, 1.165) is 6.07 Å². The van der Waals surface area contributed by atoms with Gasteiger partial charge in [0.25, 0.3) is 5.91 Å². The summed E-state index contributed by atoms with van der Waals surface area (Å²) < 4.78 is 40.4. The van der Waals surface area contributed by atoms with Crippen LogP contribution < -0.4 is 5.73 Å². The topological polar surface area (TPSA) is 58.7 Å². The molecule has 3 rings (SSSR count). The lowest BCUT2D eigenvalue weighted by atomic mass is 9.94. The van der Waals surface area contributed by atoms with Gasteiger partial charge in [-0.05, 0) is 30.7 Å². The summed E-state index contributed by atoms with van der Waals surface area (Å²) in [5.74, 6) is -1.88. The molecule has 1 aliphatic rings. The molecule has 0 aromatic heterocycles. The molecular weight excluding hydrogens is 423 g/mol. The lowest BCUT2D eigenvalue weighted by Crippen LogP contribution is -2.40. The predicted octanol–water partition coefficient (Wildman–Crippen LogP) is 4.77. The monoisotopic (exact) mass is 439 g/mol. The van der Waals surface area contributed by atoms with E-state index >= 15 is 0 Å². The number of hydrogen-bond donors (Lipinski definition) is 1. The molecule has 9 heteroatoms. The summed E-state index contributed by atoms with van der Waals surface area (Å²) in [4.78, 5) is 18.6. The lowest BCUT2D eigenvalue weighted by Gasteiger charge is -2.30. The van der Waals surface area contributed by atoms with Crippen LogP contribution in [0.2, 0.25) is 5.02 Å². The van der Waals surface area contributed by atoms with Crippen LogP contribution in [-0.2, 0) is 0 Å². The van der Waals surface area contributed by atoms with E-state index in [0.29, 0.717) is 23.4 Å². The van der Waals surface area contributed by atoms with E-state index in [1.165, 1.54) is 36.2 Å². The number of nitrogens with two attached hydrogens (primary N) is 1. The summed E-state index contributed by atoms with van der Waals surface area (Å²) >= 11 is 6.06. The third kappa shape index (κ3) is 4.43. The fourth-order valence-corrected chi connectivity index (χ4v) is 4.01. The van der Waals surface area contributed by atoms with Crippen LogP contribution in [0.25, 0.3) is 0 Å². The Morgan fingerprint density at radius 2 is 1.93 bits per heavy atom. The minimum Gasteiger partial charge on any atom is -0.400 e. The van der Waals surface area contributed by atoms with Crippen molar-refractivity contribution in [3.8, 4) is 0 Å². The predicted molar refractivity (Wildman–Crippen MR) is 109 cm³/mol. The van der Waals surface area contributed by atoms with E-state index in [9.17, 15) is 17.5 Å². The van der Waals surface area contributed by atoms with Crippen molar-refractivity contribution in [2.24, 2.45) is 10.7 Å². The third-order valence-corrected chi connectivity index (χ3v) is 5.41. The van der Waals surface area contributed by atoms with Crippen molar-refractivity contribution in [3.05, 3.63) is 75.5 Å². The number of rotatable bonds is 4. The van der Waals surface area contributed by atoms with Crippen molar-refractivity contribution in [3.63, 3.8) is 0 Å². The SMILES string of the molecule is CN=C(C1=C(N)CN(C(=O)c2c(Cl)cccc2SF)CC1)c1cc(F)cc(F)c1. The fraction of sp³-hybridized carbons (Fsp3) is 0.200. The Morgan fingerprint density at radius 1 is 1.24 bits per heavy atom. The van der Waals surface area contributed by atoms with Gasteiger partial charge in [-0.3, -0.25) is 9.79 Å². The second-order valence-electron chi connectivity index (χ2n) is 6.40. The van der Waals surface area contributed by atoms with Crippen molar-refractivity contribution in [2.45, 2.75) is 11.3 Å². The average molecular weight is 440 g/mol. The van der Waals surface area contributed by atoms with Crippen LogP contribution in [-0.4, -0.2) is 36.7 Å². The maximum atomic E-state index is 13.6. The van der Waals surface area contributed by atoms with Gasteiger partial charge in [-0.2, -0.15) is 3.89 Å². The number of benzene rings is 2. The zero-order valence-electron chi connectivity index (χ0n) is 15.4. The number of halogens is 4. The molecule has 1 aliphatic heterocycles. The molecule has 0 saturated heterocycles. The van der Waals surface area contributed by atoms with Gasteiger partial charge in [-0.25, -0.2) is 8.78 Å². The Hall–Kier alpha value is -2.45. The molecule has 2 aromatic rings. The summed E-state index contributed by atoms with van der Waals surface area (Å²) in [6.07, 6.45) is 0.324. The molecule has 0 bridgehead atoms. The highest BCUT2D eigenvalue weighted by atomic mass is 35.5. The first kappa shape index (κ1) is 21.3. The smallest absolute Gasteiger partial charge is 0.256 e. The highest BCUT2D eigenvalue weighted by Crippen LogP contribution is 2.31. The summed E-state index contributed by atoms with van der Waals surface area (Å²) in [5.41, 5.74) is 7.86. The normalized spacial score (nSPS) is 15.1. The molecule has 152 valence electrons. The molecule has 0 atom stereocenters. The number of amides is 1. The second kappa shape index (κ2) is 8.92. The Labute approximate surface area is 175 Å². The first-order chi connectivity index (χ1) is 13.8. The maximum Gasteiger partial charge on any atom is 0.256 e. The Morgan fingerprint density at radius 3 is 2.52 bits per heavy atom. The van der Waals surface area contributed by atoms with Gasteiger partial charge in [-0.15, -0.1) is 0 Å². The van der Waals surface area contributed by atoms with Crippen molar-refractivity contribution >= 4 is 35.4 Å². The van der Waals surface area contributed by atoms with Gasteiger partial charge >= 0.3 is 0 Å². The number of aliphatic imine (C=N–C) groups is 1. The van der Waals surface area contributed by atoms with Crippen LogP contribution >= 0.6 is 23.7 Å². The van der Waals surface area contributed by atoms with Crippen molar-refractivity contribution in [1.82, 2.24) is 4.90 Å². The van der Waals surface area contributed by atoms with Gasteiger partial charge in [0.05, 0.1) is 39.9 Å².